The molecule has 41 heavy (non-hydrogen) atoms. The second-order valence-corrected chi connectivity index (χ2v) is 9.17. The first kappa shape index (κ1) is 31.6. The number of pyridine rings is 1. The molecule has 0 saturated carbocycles. The van der Waals surface area contributed by atoms with Crippen LogP contribution >= 0.6 is 22.7 Å². The third-order valence-electron chi connectivity index (χ3n) is 4.68. The molecule has 4 rings (SSSR count). The molecule has 0 bridgehead atoms. The third kappa shape index (κ3) is 9.56. The largest absolute Gasteiger partial charge is 0.462 e. The number of rotatable bonds is 4. The summed E-state index contributed by atoms with van der Waals surface area (Å²) in [5.74, 6) is -0.398. The Morgan fingerprint density at radius 3 is 1.98 bits per heavy atom. The fourth-order valence-electron chi connectivity index (χ4n) is 3.14. The molecule has 4 nitrogen and oxygen atoms in total. The molecule has 0 fully saturated rings. The molecule has 0 spiro atoms. The fourth-order valence-corrected chi connectivity index (χ4v) is 4.84. The number of carbonyl (C=O) groups excluding carboxylic acids is 1. The van der Waals surface area contributed by atoms with E-state index in [0.29, 0.717) is 17.2 Å². The number of nitrogens with two attached hydrogens (primary N) is 1. The molecule has 2 N–H and O–H groups in total. The summed E-state index contributed by atoms with van der Waals surface area (Å²) >= 11 is 2.92. The monoisotopic (exact) mass is 568 g/mol. The van der Waals surface area contributed by atoms with Crippen LogP contribution in [0.1, 0.15) is 16.6 Å². The average molecular weight is 569 g/mol. The van der Waals surface area contributed by atoms with Crippen molar-refractivity contribution in [3.8, 4) is 21.7 Å². The summed E-state index contributed by atoms with van der Waals surface area (Å²) < 4.78 is 5.15. The van der Waals surface area contributed by atoms with Crippen LogP contribution in [0, 0.1) is 0 Å². The van der Waals surface area contributed by atoms with E-state index in [1.54, 1.807) is 18.3 Å². The highest BCUT2D eigenvalue weighted by atomic mass is 32.1. The first-order valence-corrected chi connectivity index (χ1v) is 13.5. The van der Waals surface area contributed by atoms with Gasteiger partial charge in [-0.25, -0.2) is 9.78 Å². The number of thiophene rings is 2. The summed E-state index contributed by atoms with van der Waals surface area (Å²) in [6, 6.07) is 16.1. The molecule has 1 aromatic carbocycles. The van der Waals surface area contributed by atoms with Crippen molar-refractivity contribution in [3.05, 3.63) is 148 Å². The van der Waals surface area contributed by atoms with E-state index in [4.69, 9.17) is 15.5 Å². The molecular formula is C35H24N2O2S2. The fraction of sp³-hybridized carbons (Fsp3) is 0.0571. The van der Waals surface area contributed by atoms with Crippen LogP contribution in [0.2, 0.25) is 0 Å². The lowest BCUT2D eigenvalue weighted by Crippen LogP contribution is -2.04. The summed E-state index contributed by atoms with van der Waals surface area (Å²) in [5.41, 5.74) is 36.2. The zero-order chi connectivity index (χ0) is 29.9. The van der Waals surface area contributed by atoms with E-state index in [2.05, 4.69) is 89.4 Å². The van der Waals surface area contributed by atoms with E-state index < -0.39 is 5.97 Å². The minimum atomic E-state index is -0.398. The van der Waals surface area contributed by atoms with E-state index in [9.17, 15) is 4.79 Å². The zero-order valence-corrected chi connectivity index (χ0v) is 24.0. The molecule has 0 unspecified atom stereocenters. The Hall–Kier alpha value is -5.64. The predicted octanol–water partition coefficient (Wildman–Crippen LogP) is 8.76. The molecule has 3 aromatic heterocycles. The number of hydrogen-bond acceptors (Lipinski definition) is 6. The van der Waals surface area contributed by atoms with Crippen molar-refractivity contribution in [2.75, 3.05) is 12.3 Å². The van der Waals surface area contributed by atoms with E-state index >= 15 is 0 Å². The first-order chi connectivity index (χ1) is 20.0. The van der Waals surface area contributed by atoms with E-state index in [0.717, 1.165) is 31.9 Å². The average Bonchev–Trinajstić information content (AvgIpc) is 3.65. The summed E-state index contributed by atoms with van der Waals surface area (Å²) in [5, 5.41) is 2.83. The van der Waals surface area contributed by atoms with Crippen LogP contribution in [0.5, 0.6) is 0 Å². The van der Waals surface area contributed by atoms with Gasteiger partial charge in [-0.2, -0.15) is 0 Å². The van der Waals surface area contributed by atoms with Gasteiger partial charge in [0.2, 0.25) is 0 Å². The van der Waals surface area contributed by atoms with Gasteiger partial charge in [-0.1, -0.05) is 59.3 Å². The van der Waals surface area contributed by atoms with Gasteiger partial charge in [-0.15, -0.1) is 22.7 Å². The van der Waals surface area contributed by atoms with E-state index in [-0.39, 0.29) is 0 Å². The number of anilines is 1. The smallest absolute Gasteiger partial charge is 0.350 e. The number of nitrogen functional groups attached to an aromatic ring is 1. The van der Waals surface area contributed by atoms with Crippen LogP contribution in [0.4, 0.5) is 5.69 Å². The highest BCUT2D eigenvalue weighted by Gasteiger charge is 2.22. The minimum absolute atomic E-state index is 0.311. The van der Waals surface area contributed by atoms with Crippen LogP contribution in [-0.4, -0.2) is 17.6 Å². The zero-order valence-electron chi connectivity index (χ0n) is 22.4. The Kier molecular flexibility index (Phi) is 13.7. The SMILES string of the molecule is C=C=C=C=C=C=C.C=C=C=C=C=C=C=C.CCOC(=O)c1sc2nc(-c3cccs3)cc(-c3ccccc3)c2c1N. The summed E-state index contributed by atoms with van der Waals surface area (Å²) in [4.78, 5) is 19.3. The Morgan fingerprint density at radius 2 is 1.46 bits per heavy atom. The molecule has 0 atom stereocenters. The number of aromatic nitrogens is 1. The predicted molar refractivity (Wildman–Crippen MR) is 170 cm³/mol. The van der Waals surface area contributed by atoms with Gasteiger partial charge in [0.1, 0.15) is 9.71 Å². The lowest BCUT2D eigenvalue weighted by Gasteiger charge is -2.07. The molecule has 0 aliphatic heterocycles. The number of carbonyl (C=O) groups is 1. The van der Waals surface area contributed by atoms with Crippen LogP contribution in [0.25, 0.3) is 31.9 Å². The molecule has 0 amide bonds. The lowest BCUT2D eigenvalue weighted by atomic mass is 10.0. The first-order valence-electron chi connectivity index (χ1n) is 11.8. The topological polar surface area (TPSA) is 65.2 Å². The van der Waals surface area contributed by atoms with Crippen LogP contribution < -0.4 is 5.73 Å². The molecule has 198 valence electrons. The van der Waals surface area contributed by atoms with Crippen LogP contribution in [0.15, 0.2) is 143 Å². The van der Waals surface area contributed by atoms with Gasteiger partial charge in [-0.3, -0.25) is 0 Å². The van der Waals surface area contributed by atoms with E-state index in [1.165, 1.54) is 11.3 Å². The van der Waals surface area contributed by atoms with Crippen molar-refractivity contribution in [1.29, 1.82) is 0 Å². The van der Waals surface area contributed by atoms with Crippen molar-refractivity contribution < 1.29 is 9.53 Å². The standard InChI is InChI=1S/C20H16N2O2S2.C8H4.C7H4/c1-2-24-20(23)18-17(21)16-13(12-7-4-3-5-8-12)11-14(22-19(16)26-18)15-9-6-10-25-15;1-3-5-7-8-6-4-2;1-3-5-7-6-4-2/h3-11H,2,21H2,1H3;1-2H2;1-2H2. The van der Waals surface area contributed by atoms with Gasteiger partial charge >= 0.3 is 5.97 Å². The van der Waals surface area contributed by atoms with Gasteiger partial charge < -0.3 is 10.5 Å². The molecular weight excluding hydrogens is 545 g/mol. The van der Waals surface area contributed by atoms with Crippen molar-refractivity contribution in [1.82, 2.24) is 4.98 Å². The number of nitrogens with zero attached hydrogens (tertiary/aromatic N) is 1. The normalized spacial score (nSPS) is 8.22. The third-order valence-corrected chi connectivity index (χ3v) is 6.66. The van der Waals surface area contributed by atoms with Crippen molar-refractivity contribution in [2.24, 2.45) is 0 Å². The highest BCUT2D eigenvalue weighted by molar-refractivity contribution is 7.21. The maximum atomic E-state index is 12.3. The van der Waals surface area contributed by atoms with Crippen LogP contribution in [-0.2, 0) is 4.74 Å². The summed E-state index contributed by atoms with van der Waals surface area (Å²) in [7, 11) is 0. The summed E-state index contributed by atoms with van der Waals surface area (Å²) in [6.45, 7) is 15.1. The van der Waals surface area contributed by atoms with Gasteiger partial charge in [0.15, 0.2) is 0 Å². The van der Waals surface area contributed by atoms with Gasteiger partial charge in [-0.05, 0) is 102 Å². The van der Waals surface area contributed by atoms with Crippen molar-refractivity contribution in [2.45, 2.75) is 6.92 Å². The number of benzene rings is 1. The number of fused-ring (bicyclic) bond motifs is 1. The second kappa shape index (κ2) is 17.8. The van der Waals surface area contributed by atoms with Gasteiger partial charge in [0, 0.05) is 5.39 Å². The Morgan fingerprint density at radius 1 is 0.878 bits per heavy atom. The minimum Gasteiger partial charge on any atom is -0.462 e. The Labute approximate surface area is 247 Å². The summed E-state index contributed by atoms with van der Waals surface area (Å²) in [6.07, 6.45) is 0. The van der Waals surface area contributed by atoms with Gasteiger partial charge in [0.05, 0.1) is 22.9 Å². The molecule has 0 radical (unpaired) electrons. The molecule has 0 aliphatic carbocycles. The molecule has 6 heteroatoms. The molecule has 0 aliphatic rings. The number of ether oxygens (including phenoxy) is 1. The number of hydrogen-bond donors (Lipinski definition) is 1. The molecule has 3 heterocycles. The maximum absolute atomic E-state index is 12.3. The molecule has 0 saturated heterocycles. The second-order valence-electron chi connectivity index (χ2n) is 7.23. The highest BCUT2D eigenvalue weighted by Crippen LogP contribution is 2.42. The molecule has 4 aromatic rings. The van der Waals surface area contributed by atoms with Crippen LogP contribution in [0.3, 0.4) is 0 Å². The maximum Gasteiger partial charge on any atom is 0.350 e. The Balaban J connectivity index is 0.000000325. The van der Waals surface area contributed by atoms with E-state index in [1.807, 2.05) is 53.9 Å². The lowest BCUT2D eigenvalue weighted by molar-refractivity contribution is 0.0533. The van der Waals surface area contributed by atoms with Crippen molar-refractivity contribution in [3.63, 3.8) is 0 Å². The Bertz CT molecular complexity index is 1880. The van der Waals surface area contributed by atoms with Gasteiger partial charge in [0.25, 0.3) is 0 Å². The van der Waals surface area contributed by atoms with Crippen molar-refractivity contribution >= 4 is 44.5 Å². The quantitative estimate of drug-likeness (QED) is 0.197. The number of esters is 1.